The second-order valence-electron chi connectivity index (χ2n) is 5.31. The van der Waals surface area contributed by atoms with E-state index in [4.69, 9.17) is 4.42 Å². The Labute approximate surface area is 121 Å². The van der Waals surface area contributed by atoms with Crippen molar-refractivity contribution in [1.82, 2.24) is 10.2 Å². The molecule has 1 N–H and O–H groups in total. The summed E-state index contributed by atoms with van der Waals surface area (Å²) in [6.45, 7) is 7.76. The van der Waals surface area contributed by atoms with Crippen LogP contribution in [0.1, 0.15) is 29.6 Å². The van der Waals surface area contributed by atoms with Gasteiger partial charge in [0.15, 0.2) is 0 Å². The lowest BCUT2D eigenvalue weighted by Crippen LogP contribution is -2.17. The Morgan fingerprint density at radius 1 is 1.10 bits per heavy atom. The summed E-state index contributed by atoms with van der Waals surface area (Å²) in [4.78, 5) is 2.27. The van der Waals surface area contributed by atoms with Crippen molar-refractivity contribution in [3.63, 3.8) is 0 Å². The van der Waals surface area contributed by atoms with Crippen LogP contribution in [0.4, 0.5) is 0 Å². The molecule has 0 aliphatic carbocycles. The first-order valence-electron chi connectivity index (χ1n) is 7.19. The Bertz CT molecular complexity index is 533. The average molecular weight is 272 g/mol. The number of hydrogen-bond acceptors (Lipinski definition) is 3. The predicted octanol–water partition coefficient (Wildman–Crippen LogP) is 3.33. The van der Waals surface area contributed by atoms with Crippen molar-refractivity contribution in [1.29, 1.82) is 0 Å². The molecule has 0 saturated heterocycles. The van der Waals surface area contributed by atoms with Gasteiger partial charge >= 0.3 is 0 Å². The van der Waals surface area contributed by atoms with Crippen molar-refractivity contribution in [3.8, 4) is 0 Å². The summed E-state index contributed by atoms with van der Waals surface area (Å²) >= 11 is 0. The third kappa shape index (κ3) is 4.51. The van der Waals surface area contributed by atoms with Crippen LogP contribution in [0.15, 0.2) is 40.8 Å². The minimum Gasteiger partial charge on any atom is -0.463 e. The highest BCUT2D eigenvalue weighted by Crippen LogP contribution is 2.12. The van der Waals surface area contributed by atoms with Crippen LogP contribution in [0.25, 0.3) is 0 Å². The molecule has 108 valence electrons. The van der Waals surface area contributed by atoms with Gasteiger partial charge in [0.2, 0.25) is 0 Å². The molecular weight excluding hydrogens is 248 g/mol. The lowest BCUT2D eigenvalue weighted by atomic mass is 10.1. The molecule has 2 rings (SSSR count). The predicted molar refractivity (Wildman–Crippen MR) is 82.4 cm³/mol. The molecule has 0 bridgehead atoms. The number of benzene rings is 1. The summed E-state index contributed by atoms with van der Waals surface area (Å²) in [6, 6.07) is 12.8. The minimum atomic E-state index is 0.804. The van der Waals surface area contributed by atoms with Gasteiger partial charge in [0, 0.05) is 6.54 Å². The number of nitrogens with one attached hydrogen (secondary N) is 1. The molecule has 1 aromatic carbocycles. The van der Waals surface area contributed by atoms with Gasteiger partial charge in [-0.1, -0.05) is 36.8 Å². The summed E-state index contributed by atoms with van der Waals surface area (Å²) in [6.07, 6.45) is 0. The van der Waals surface area contributed by atoms with E-state index in [0.717, 1.165) is 37.7 Å². The Balaban J connectivity index is 1.87. The number of hydrogen-bond donors (Lipinski definition) is 1. The van der Waals surface area contributed by atoms with Gasteiger partial charge in [-0.3, -0.25) is 4.90 Å². The van der Waals surface area contributed by atoms with E-state index in [1.54, 1.807) is 0 Å². The molecule has 1 heterocycles. The van der Waals surface area contributed by atoms with E-state index in [2.05, 4.69) is 67.5 Å². The van der Waals surface area contributed by atoms with Gasteiger partial charge in [0.05, 0.1) is 13.1 Å². The van der Waals surface area contributed by atoms with E-state index in [1.807, 2.05) is 0 Å². The molecular formula is C17H24N2O. The number of rotatable bonds is 7. The molecule has 1 aromatic heterocycles. The monoisotopic (exact) mass is 272 g/mol. The molecule has 0 radical (unpaired) electrons. The SMILES string of the molecule is CCNCc1ccc(CN(C)Cc2cccc(C)c2)o1. The van der Waals surface area contributed by atoms with Crippen LogP contribution >= 0.6 is 0 Å². The first-order chi connectivity index (χ1) is 9.67. The third-order valence-corrected chi connectivity index (χ3v) is 3.23. The molecule has 0 amide bonds. The lowest BCUT2D eigenvalue weighted by molar-refractivity contribution is 0.282. The molecule has 20 heavy (non-hydrogen) atoms. The normalized spacial score (nSPS) is 11.2. The van der Waals surface area contributed by atoms with Crippen LogP contribution in [-0.4, -0.2) is 18.5 Å². The molecule has 0 spiro atoms. The molecule has 0 aliphatic rings. The van der Waals surface area contributed by atoms with Crippen molar-refractivity contribution in [2.45, 2.75) is 33.5 Å². The van der Waals surface area contributed by atoms with E-state index in [-0.39, 0.29) is 0 Å². The van der Waals surface area contributed by atoms with Crippen LogP contribution in [-0.2, 0) is 19.6 Å². The second kappa shape index (κ2) is 7.27. The Morgan fingerprint density at radius 2 is 1.90 bits per heavy atom. The number of furan rings is 1. The van der Waals surface area contributed by atoms with E-state index < -0.39 is 0 Å². The molecule has 0 unspecified atom stereocenters. The van der Waals surface area contributed by atoms with Gasteiger partial charge in [-0.15, -0.1) is 0 Å². The van der Waals surface area contributed by atoms with Gasteiger partial charge in [-0.2, -0.15) is 0 Å². The number of aryl methyl sites for hydroxylation is 1. The maximum absolute atomic E-state index is 5.81. The maximum atomic E-state index is 5.81. The van der Waals surface area contributed by atoms with Crippen molar-refractivity contribution in [3.05, 3.63) is 59.0 Å². The molecule has 2 aromatic rings. The highest BCUT2D eigenvalue weighted by atomic mass is 16.3. The highest BCUT2D eigenvalue weighted by Gasteiger charge is 2.06. The zero-order valence-electron chi connectivity index (χ0n) is 12.6. The van der Waals surface area contributed by atoms with E-state index in [0.29, 0.717) is 0 Å². The van der Waals surface area contributed by atoms with Crippen LogP contribution in [0.3, 0.4) is 0 Å². The molecule has 3 nitrogen and oxygen atoms in total. The third-order valence-electron chi connectivity index (χ3n) is 3.23. The zero-order chi connectivity index (χ0) is 14.4. The van der Waals surface area contributed by atoms with Gasteiger partial charge < -0.3 is 9.73 Å². The van der Waals surface area contributed by atoms with Crippen LogP contribution < -0.4 is 5.32 Å². The lowest BCUT2D eigenvalue weighted by Gasteiger charge is -2.15. The quantitative estimate of drug-likeness (QED) is 0.838. The smallest absolute Gasteiger partial charge is 0.118 e. The van der Waals surface area contributed by atoms with E-state index in [9.17, 15) is 0 Å². The first-order valence-corrected chi connectivity index (χ1v) is 7.19. The summed E-state index contributed by atoms with van der Waals surface area (Å²) in [7, 11) is 2.12. The largest absolute Gasteiger partial charge is 0.463 e. The maximum Gasteiger partial charge on any atom is 0.118 e. The van der Waals surface area contributed by atoms with Crippen LogP contribution in [0.2, 0.25) is 0 Å². The number of nitrogens with zero attached hydrogens (tertiary/aromatic N) is 1. The van der Waals surface area contributed by atoms with Gasteiger partial charge in [0.1, 0.15) is 11.5 Å². The fraction of sp³-hybridized carbons (Fsp3) is 0.412. The molecule has 0 saturated carbocycles. The summed E-state index contributed by atoms with van der Waals surface area (Å²) in [5.74, 6) is 2.03. The summed E-state index contributed by atoms with van der Waals surface area (Å²) < 4.78 is 5.81. The van der Waals surface area contributed by atoms with E-state index >= 15 is 0 Å². The van der Waals surface area contributed by atoms with Crippen LogP contribution in [0.5, 0.6) is 0 Å². The summed E-state index contributed by atoms with van der Waals surface area (Å²) in [5, 5.41) is 3.27. The van der Waals surface area contributed by atoms with Crippen molar-refractivity contribution in [2.24, 2.45) is 0 Å². The summed E-state index contributed by atoms with van der Waals surface area (Å²) in [5.41, 5.74) is 2.65. The fourth-order valence-electron chi connectivity index (χ4n) is 2.29. The van der Waals surface area contributed by atoms with Crippen molar-refractivity contribution >= 4 is 0 Å². The fourth-order valence-corrected chi connectivity index (χ4v) is 2.29. The Morgan fingerprint density at radius 3 is 2.65 bits per heavy atom. The standard InChI is InChI=1S/C17H24N2O/c1-4-18-11-16-8-9-17(20-16)13-19(3)12-15-7-5-6-14(2)10-15/h5-10,18H,4,11-13H2,1-3H3. The molecule has 0 atom stereocenters. The highest BCUT2D eigenvalue weighted by molar-refractivity contribution is 5.22. The van der Waals surface area contributed by atoms with Gasteiger partial charge in [-0.25, -0.2) is 0 Å². The average Bonchev–Trinajstić information content (AvgIpc) is 2.83. The Kier molecular flexibility index (Phi) is 5.39. The van der Waals surface area contributed by atoms with Gasteiger partial charge in [-0.05, 0) is 38.2 Å². The Hall–Kier alpha value is -1.58. The molecule has 0 aliphatic heterocycles. The van der Waals surface area contributed by atoms with Gasteiger partial charge in [0.25, 0.3) is 0 Å². The molecule has 0 fully saturated rings. The minimum absolute atomic E-state index is 0.804. The zero-order valence-corrected chi connectivity index (χ0v) is 12.6. The molecule has 3 heteroatoms. The topological polar surface area (TPSA) is 28.4 Å². The second-order valence-corrected chi connectivity index (χ2v) is 5.31. The van der Waals surface area contributed by atoms with Crippen LogP contribution in [0, 0.1) is 6.92 Å². The van der Waals surface area contributed by atoms with E-state index in [1.165, 1.54) is 11.1 Å². The first kappa shape index (κ1) is 14.8. The van der Waals surface area contributed by atoms with Crippen molar-refractivity contribution < 1.29 is 4.42 Å². The van der Waals surface area contributed by atoms with Crippen molar-refractivity contribution in [2.75, 3.05) is 13.6 Å².